The molecule has 2 N–H and O–H groups in total. The van der Waals surface area contributed by atoms with E-state index < -0.39 is 17.8 Å². The van der Waals surface area contributed by atoms with E-state index in [-0.39, 0.29) is 11.1 Å². The molecule has 0 amide bonds. The van der Waals surface area contributed by atoms with Gasteiger partial charge in [0.2, 0.25) is 11.9 Å². The number of hydrogen-bond donors (Lipinski definition) is 2. The first-order valence-corrected chi connectivity index (χ1v) is 10.8. The normalized spacial score (nSPS) is 10.7. The summed E-state index contributed by atoms with van der Waals surface area (Å²) in [5.41, 5.74) is 2.13. The van der Waals surface area contributed by atoms with E-state index in [0.717, 1.165) is 34.2 Å². The molecule has 4 aromatic heterocycles. The van der Waals surface area contributed by atoms with Gasteiger partial charge >= 0.3 is 11.9 Å². The Kier molecular flexibility index (Phi) is 6.08. The lowest BCUT2D eigenvalue weighted by molar-refractivity contribution is 0.0686. The van der Waals surface area contributed by atoms with Gasteiger partial charge in [0.25, 0.3) is 0 Å². The second-order valence-electron chi connectivity index (χ2n) is 7.78. The fraction of sp³-hybridized carbons (Fsp3) is 0. The van der Waals surface area contributed by atoms with Crippen LogP contribution in [0.1, 0.15) is 20.7 Å². The molecule has 6 aromatic rings. The first kappa shape index (κ1) is 23.3. The van der Waals surface area contributed by atoms with Gasteiger partial charge in [0, 0.05) is 35.6 Å². The van der Waals surface area contributed by atoms with Crippen molar-refractivity contribution in [2.75, 3.05) is 0 Å². The topological polar surface area (TPSA) is 136 Å². The van der Waals surface area contributed by atoms with Crippen LogP contribution >= 0.6 is 0 Å². The minimum Gasteiger partial charge on any atom is -0.478 e. The van der Waals surface area contributed by atoms with Gasteiger partial charge in [-0.15, -0.1) is 0 Å². The van der Waals surface area contributed by atoms with E-state index in [1.165, 1.54) is 6.07 Å². The van der Waals surface area contributed by atoms with Gasteiger partial charge < -0.3 is 10.2 Å². The van der Waals surface area contributed by atoms with Gasteiger partial charge in [-0.2, -0.15) is 0 Å². The van der Waals surface area contributed by atoms with Crippen LogP contribution in [0.25, 0.3) is 33.7 Å². The maximum absolute atomic E-state index is 12.8. The second kappa shape index (κ2) is 9.66. The van der Waals surface area contributed by atoms with Crippen LogP contribution in [0, 0.1) is 5.82 Å². The van der Waals surface area contributed by atoms with Crippen molar-refractivity contribution in [1.82, 2.24) is 29.1 Å². The monoisotopic (exact) mass is 496 g/mol. The van der Waals surface area contributed by atoms with E-state index in [2.05, 4.69) is 19.9 Å². The Morgan fingerprint density at radius 2 is 1.14 bits per heavy atom. The zero-order chi connectivity index (χ0) is 25.9. The molecule has 10 nitrogen and oxygen atoms in total. The number of carboxylic acid groups (broad SMARTS) is 2. The molecular weight excluding hydrogens is 479 g/mol. The Morgan fingerprint density at radius 3 is 1.59 bits per heavy atom. The molecule has 0 saturated heterocycles. The van der Waals surface area contributed by atoms with Crippen LogP contribution in [0.15, 0.2) is 91.8 Å². The van der Waals surface area contributed by atoms with E-state index in [4.69, 9.17) is 10.2 Å². The van der Waals surface area contributed by atoms with E-state index in [1.807, 2.05) is 16.8 Å². The fourth-order valence-corrected chi connectivity index (χ4v) is 3.75. The number of aromatic nitrogens is 6. The molecule has 11 heteroatoms. The minimum absolute atomic E-state index is 0.213. The number of nitrogens with zero attached hydrogens (tertiary/aromatic N) is 6. The summed E-state index contributed by atoms with van der Waals surface area (Å²) in [6, 6.07) is 15.1. The molecule has 4 heterocycles. The first-order chi connectivity index (χ1) is 17.9. The van der Waals surface area contributed by atoms with Crippen LogP contribution in [0.4, 0.5) is 4.39 Å². The third kappa shape index (κ3) is 4.73. The SMILES string of the molecule is O=C(O)c1ccc2c(ccn2-c2ncc(F)cn2)c1.O=C(O)c1ccc2c(ccn2-c2ncccn2)c1. The molecule has 0 fully saturated rings. The molecule has 0 saturated carbocycles. The number of halogens is 1. The largest absolute Gasteiger partial charge is 0.478 e. The van der Waals surface area contributed by atoms with Crippen molar-refractivity contribution in [2.45, 2.75) is 0 Å². The number of benzene rings is 2. The van der Waals surface area contributed by atoms with Gasteiger partial charge in [-0.05, 0) is 54.6 Å². The average Bonchev–Trinajstić information content (AvgIpc) is 3.53. The van der Waals surface area contributed by atoms with Crippen molar-refractivity contribution < 1.29 is 24.2 Å². The van der Waals surface area contributed by atoms with E-state index in [1.54, 1.807) is 65.6 Å². The summed E-state index contributed by atoms with van der Waals surface area (Å²) >= 11 is 0. The molecule has 0 aliphatic heterocycles. The molecular formula is C26H17FN6O4. The van der Waals surface area contributed by atoms with E-state index >= 15 is 0 Å². The number of rotatable bonds is 4. The molecule has 2 aromatic carbocycles. The summed E-state index contributed by atoms with van der Waals surface area (Å²) in [6.45, 7) is 0. The van der Waals surface area contributed by atoms with E-state index in [0.29, 0.717) is 11.9 Å². The third-order valence-corrected chi connectivity index (χ3v) is 5.46. The van der Waals surface area contributed by atoms with Crippen molar-refractivity contribution in [3.8, 4) is 11.9 Å². The Hall–Kier alpha value is -5.45. The van der Waals surface area contributed by atoms with Crippen molar-refractivity contribution >= 4 is 33.7 Å². The standard InChI is InChI=1S/C13H8FN3O2.C13H9N3O2/c14-10-6-15-13(16-7-10)17-4-3-8-5-9(12(18)19)1-2-11(8)17;17-12(18)10-2-3-11-9(8-10)4-7-16(11)13-14-5-1-6-15-13/h1-7H,(H,18,19);1-8H,(H,17,18). The Labute approximate surface area is 207 Å². The van der Waals surface area contributed by atoms with E-state index in [9.17, 15) is 14.0 Å². The van der Waals surface area contributed by atoms with Gasteiger partial charge in [-0.25, -0.2) is 33.9 Å². The highest BCUT2D eigenvalue weighted by atomic mass is 19.1. The van der Waals surface area contributed by atoms with Crippen LogP contribution in [0.2, 0.25) is 0 Å². The van der Waals surface area contributed by atoms with Crippen LogP contribution in [-0.4, -0.2) is 51.2 Å². The van der Waals surface area contributed by atoms with Crippen molar-refractivity contribution in [3.63, 3.8) is 0 Å². The minimum atomic E-state index is -0.979. The Balaban J connectivity index is 0.000000152. The lowest BCUT2D eigenvalue weighted by Crippen LogP contribution is -2.00. The second-order valence-corrected chi connectivity index (χ2v) is 7.78. The summed E-state index contributed by atoms with van der Waals surface area (Å²) in [7, 11) is 0. The van der Waals surface area contributed by atoms with Gasteiger partial charge in [-0.1, -0.05) is 0 Å². The van der Waals surface area contributed by atoms with Crippen LogP contribution in [-0.2, 0) is 0 Å². The van der Waals surface area contributed by atoms with Gasteiger partial charge in [0.15, 0.2) is 5.82 Å². The number of carboxylic acids is 2. The molecule has 0 spiro atoms. The summed E-state index contributed by atoms with van der Waals surface area (Å²) in [5, 5.41) is 19.5. The average molecular weight is 496 g/mol. The predicted octanol–water partition coefficient (Wildman–Crippen LogP) is 4.38. The summed E-state index contributed by atoms with van der Waals surface area (Å²) in [4.78, 5) is 37.9. The number of fused-ring (bicyclic) bond motifs is 2. The smallest absolute Gasteiger partial charge is 0.335 e. The van der Waals surface area contributed by atoms with Crippen molar-refractivity contribution in [2.24, 2.45) is 0 Å². The molecule has 0 unspecified atom stereocenters. The molecule has 182 valence electrons. The lowest BCUT2D eigenvalue weighted by atomic mass is 10.1. The van der Waals surface area contributed by atoms with Gasteiger partial charge in [-0.3, -0.25) is 9.13 Å². The molecule has 0 bridgehead atoms. The first-order valence-electron chi connectivity index (χ1n) is 10.8. The van der Waals surface area contributed by atoms with Crippen molar-refractivity contribution in [1.29, 1.82) is 0 Å². The zero-order valence-corrected chi connectivity index (χ0v) is 18.9. The number of aromatic carboxylic acids is 2. The Morgan fingerprint density at radius 1 is 0.676 bits per heavy atom. The van der Waals surface area contributed by atoms with Gasteiger partial charge in [0.1, 0.15) is 0 Å². The molecule has 0 aliphatic rings. The predicted molar refractivity (Wildman–Crippen MR) is 132 cm³/mol. The van der Waals surface area contributed by atoms with Crippen molar-refractivity contribution in [3.05, 3.63) is 109 Å². The third-order valence-electron chi connectivity index (χ3n) is 5.46. The summed E-state index contributed by atoms with van der Waals surface area (Å²) in [5.74, 6) is -1.52. The lowest BCUT2D eigenvalue weighted by Gasteiger charge is -2.03. The number of carbonyl (C=O) groups is 2. The highest BCUT2D eigenvalue weighted by Gasteiger charge is 2.10. The molecule has 0 radical (unpaired) electrons. The van der Waals surface area contributed by atoms with Crippen LogP contribution in [0.5, 0.6) is 0 Å². The molecule has 6 rings (SSSR count). The highest BCUT2D eigenvalue weighted by Crippen LogP contribution is 2.21. The highest BCUT2D eigenvalue weighted by molar-refractivity contribution is 5.94. The number of hydrogen-bond acceptors (Lipinski definition) is 6. The quantitative estimate of drug-likeness (QED) is 0.367. The summed E-state index contributed by atoms with van der Waals surface area (Å²) < 4.78 is 16.3. The fourth-order valence-electron chi connectivity index (χ4n) is 3.75. The molecule has 0 atom stereocenters. The molecule has 0 aliphatic carbocycles. The maximum atomic E-state index is 12.8. The van der Waals surface area contributed by atoms with Crippen LogP contribution in [0.3, 0.4) is 0 Å². The zero-order valence-electron chi connectivity index (χ0n) is 18.9. The maximum Gasteiger partial charge on any atom is 0.335 e. The van der Waals surface area contributed by atoms with Crippen LogP contribution < -0.4 is 0 Å². The Bertz CT molecular complexity index is 1750. The molecule has 37 heavy (non-hydrogen) atoms. The van der Waals surface area contributed by atoms with Gasteiger partial charge in [0.05, 0.1) is 34.6 Å². The summed E-state index contributed by atoms with van der Waals surface area (Å²) in [6.07, 6.45) is 9.04.